The Kier molecular flexibility index (Phi) is 3.20. The first-order valence-corrected chi connectivity index (χ1v) is 6.70. The molecule has 0 aromatic heterocycles. The van der Waals surface area contributed by atoms with Gasteiger partial charge in [-0.15, -0.1) is 0 Å². The van der Waals surface area contributed by atoms with Crippen molar-refractivity contribution in [3.05, 3.63) is 0 Å². The van der Waals surface area contributed by atoms with E-state index in [1.165, 1.54) is 31.4 Å². The first-order valence-electron chi connectivity index (χ1n) is 5.65. The van der Waals surface area contributed by atoms with E-state index in [1.54, 1.807) is 0 Å². The molecule has 76 valence electrons. The minimum Gasteiger partial charge on any atom is -0.310 e. The quantitative estimate of drug-likeness (QED) is 0.750. The normalized spacial score (nSPS) is 37.4. The predicted octanol–water partition coefficient (Wildman–Crippen LogP) is 2.66. The molecule has 0 radical (unpaired) electrons. The molecule has 1 aliphatic heterocycles. The third-order valence-corrected chi connectivity index (χ3v) is 5.04. The summed E-state index contributed by atoms with van der Waals surface area (Å²) in [7, 11) is 0. The molecular weight excluding hydrogens is 178 g/mol. The van der Waals surface area contributed by atoms with Crippen LogP contribution in [-0.4, -0.2) is 23.1 Å². The minimum absolute atomic E-state index is 0.764. The highest BCUT2D eigenvalue weighted by Crippen LogP contribution is 2.32. The van der Waals surface area contributed by atoms with Crippen LogP contribution in [0.3, 0.4) is 0 Å². The highest BCUT2D eigenvalue weighted by Gasteiger charge is 2.29. The number of hydrogen-bond acceptors (Lipinski definition) is 2. The lowest BCUT2D eigenvalue weighted by Gasteiger charge is -2.34. The van der Waals surface area contributed by atoms with Gasteiger partial charge in [0.1, 0.15) is 0 Å². The predicted molar refractivity (Wildman–Crippen MR) is 60.3 cm³/mol. The third-order valence-electron chi connectivity index (χ3n) is 3.71. The first-order chi connectivity index (χ1) is 6.27. The molecular formula is C11H21NS. The van der Waals surface area contributed by atoms with Crippen LogP contribution >= 0.6 is 11.8 Å². The second-order valence-electron chi connectivity index (χ2n) is 4.62. The van der Waals surface area contributed by atoms with Gasteiger partial charge in [0.15, 0.2) is 0 Å². The van der Waals surface area contributed by atoms with E-state index in [2.05, 4.69) is 30.9 Å². The van der Waals surface area contributed by atoms with Gasteiger partial charge in [-0.25, -0.2) is 0 Å². The molecule has 0 spiro atoms. The molecule has 2 rings (SSSR count). The number of thioether (sulfide) groups is 1. The summed E-state index contributed by atoms with van der Waals surface area (Å²) in [5.74, 6) is 2.34. The average Bonchev–Trinajstić information content (AvgIpc) is 2.32. The van der Waals surface area contributed by atoms with Gasteiger partial charge < -0.3 is 5.32 Å². The van der Waals surface area contributed by atoms with E-state index in [9.17, 15) is 0 Å². The van der Waals surface area contributed by atoms with Crippen molar-refractivity contribution in [2.45, 2.75) is 56.9 Å². The number of rotatable bonds is 3. The van der Waals surface area contributed by atoms with Gasteiger partial charge in [-0.05, 0) is 37.9 Å². The number of nitrogens with one attached hydrogen (secondary N) is 1. The zero-order valence-electron chi connectivity index (χ0n) is 8.75. The standard InChI is InChI=1S/C11H21NS/c1-8(10-4-3-5-10)12-11-6-7-13-9(11)2/h8-12H,3-7H2,1-2H3/t8-,9?,11?/m1/s1. The molecule has 0 bridgehead atoms. The van der Waals surface area contributed by atoms with Crippen LogP contribution in [0.2, 0.25) is 0 Å². The van der Waals surface area contributed by atoms with Crippen LogP contribution in [0.25, 0.3) is 0 Å². The van der Waals surface area contributed by atoms with Gasteiger partial charge in [-0.2, -0.15) is 11.8 Å². The van der Waals surface area contributed by atoms with E-state index in [-0.39, 0.29) is 0 Å². The van der Waals surface area contributed by atoms with E-state index in [1.807, 2.05) is 0 Å². The molecule has 0 aromatic carbocycles. The van der Waals surface area contributed by atoms with Crippen molar-refractivity contribution >= 4 is 11.8 Å². The van der Waals surface area contributed by atoms with Crippen LogP contribution in [0.1, 0.15) is 39.5 Å². The first kappa shape index (κ1) is 9.85. The Labute approximate surface area is 86.0 Å². The fraction of sp³-hybridized carbons (Fsp3) is 1.00. The molecule has 0 amide bonds. The van der Waals surface area contributed by atoms with Gasteiger partial charge in [-0.3, -0.25) is 0 Å². The van der Waals surface area contributed by atoms with E-state index < -0.39 is 0 Å². The van der Waals surface area contributed by atoms with Crippen molar-refractivity contribution in [3.63, 3.8) is 0 Å². The van der Waals surface area contributed by atoms with Crippen molar-refractivity contribution in [1.29, 1.82) is 0 Å². The van der Waals surface area contributed by atoms with Crippen LogP contribution in [0, 0.1) is 5.92 Å². The lowest BCUT2D eigenvalue weighted by atomic mass is 9.80. The molecule has 2 fully saturated rings. The highest BCUT2D eigenvalue weighted by atomic mass is 32.2. The fourth-order valence-corrected chi connectivity index (χ4v) is 3.57. The second-order valence-corrected chi connectivity index (χ2v) is 6.10. The molecule has 3 atom stereocenters. The molecule has 2 unspecified atom stereocenters. The highest BCUT2D eigenvalue weighted by molar-refractivity contribution is 8.00. The summed E-state index contributed by atoms with van der Waals surface area (Å²) in [5, 5.41) is 4.65. The zero-order chi connectivity index (χ0) is 9.26. The molecule has 0 aromatic rings. The van der Waals surface area contributed by atoms with E-state index >= 15 is 0 Å². The zero-order valence-corrected chi connectivity index (χ0v) is 9.57. The molecule has 1 aliphatic carbocycles. The minimum atomic E-state index is 0.764. The van der Waals surface area contributed by atoms with Gasteiger partial charge in [-0.1, -0.05) is 13.3 Å². The van der Waals surface area contributed by atoms with E-state index in [0.29, 0.717) is 0 Å². The molecule has 13 heavy (non-hydrogen) atoms. The van der Waals surface area contributed by atoms with Crippen molar-refractivity contribution < 1.29 is 0 Å². The Morgan fingerprint density at radius 3 is 2.54 bits per heavy atom. The Morgan fingerprint density at radius 1 is 1.31 bits per heavy atom. The summed E-state index contributed by atoms with van der Waals surface area (Å²) in [6.45, 7) is 4.74. The molecule has 1 N–H and O–H groups in total. The molecule has 2 heteroatoms. The maximum atomic E-state index is 3.81. The molecule has 1 saturated carbocycles. The summed E-state index contributed by atoms with van der Waals surface area (Å²) < 4.78 is 0. The monoisotopic (exact) mass is 199 g/mol. The van der Waals surface area contributed by atoms with Crippen molar-refractivity contribution in [2.75, 3.05) is 5.75 Å². The molecule has 1 saturated heterocycles. The smallest absolute Gasteiger partial charge is 0.0194 e. The van der Waals surface area contributed by atoms with Crippen LogP contribution in [0.5, 0.6) is 0 Å². The SMILES string of the molecule is CC1SCCC1N[C@H](C)C1CCC1. The van der Waals surface area contributed by atoms with Gasteiger partial charge in [0.2, 0.25) is 0 Å². The Morgan fingerprint density at radius 2 is 2.08 bits per heavy atom. The summed E-state index contributed by atoms with van der Waals surface area (Å²) in [5.41, 5.74) is 0. The maximum Gasteiger partial charge on any atom is 0.0194 e. The summed E-state index contributed by atoms with van der Waals surface area (Å²) in [4.78, 5) is 0. The molecule has 2 aliphatic rings. The maximum absolute atomic E-state index is 3.81. The van der Waals surface area contributed by atoms with Gasteiger partial charge in [0, 0.05) is 17.3 Å². The van der Waals surface area contributed by atoms with Crippen LogP contribution in [0.15, 0.2) is 0 Å². The topological polar surface area (TPSA) is 12.0 Å². The van der Waals surface area contributed by atoms with Crippen molar-refractivity contribution in [1.82, 2.24) is 5.32 Å². The van der Waals surface area contributed by atoms with Gasteiger partial charge in [0.25, 0.3) is 0 Å². The van der Waals surface area contributed by atoms with Gasteiger partial charge in [0.05, 0.1) is 0 Å². The summed E-state index contributed by atoms with van der Waals surface area (Å²) in [6, 6.07) is 1.56. The van der Waals surface area contributed by atoms with E-state index in [0.717, 1.165) is 23.3 Å². The summed E-state index contributed by atoms with van der Waals surface area (Å²) in [6.07, 6.45) is 5.76. The Balaban J connectivity index is 1.75. The Hall–Kier alpha value is 0.310. The molecule has 1 heterocycles. The van der Waals surface area contributed by atoms with Gasteiger partial charge >= 0.3 is 0 Å². The molecule has 1 nitrogen and oxygen atoms in total. The third kappa shape index (κ3) is 2.21. The fourth-order valence-electron chi connectivity index (χ4n) is 2.36. The largest absolute Gasteiger partial charge is 0.310 e. The number of hydrogen-bond donors (Lipinski definition) is 1. The Bertz CT molecular complexity index is 167. The summed E-state index contributed by atoms with van der Waals surface area (Å²) >= 11 is 2.12. The second kappa shape index (κ2) is 4.22. The van der Waals surface area contributed by atoms with Crippen LogP contribution < -0.4 is 5.32 Å². The van der Waals surface area contributed by atoms with Crippen LogP contribution in [-0.2, 0) is 0 Å². The van der Waals surface area contributed by atoms with Crippen molar-refractivity contribution in [3.8, 4) is 0 Å². The van der Waals surface area contributed by atoms with Crippen molar-refractivity contribution in [2.24, 2.45) is 5.92 Å². The van der Waals surface area contributed by atoms with Crippen LogP contribution in [0.4, 0.5) is 0 Å². The average molecular weight is 199 g/mol. The lowest BCUT2D eigenvalue weighted by Crippen LogP contribution is -2.45. The van der Waals surface area contributed by atoms with E-state index in [4.69, 9.17) is 0 Å². The lowest BCUT2D eigenvalue weighted by molar-refractivity contribution is 0.226.